The number of amides is 1. The number of hydrogen-bond donors (Lipinski definition) is 1. The standard InChI is InChI=1S/C17H20IN3O3S/c1-17(2,10-20-23-3)21-15(22)16(25-4)24-13-5-6-14-11(8-13)7-12(18)9-19-14/h5-10,16H,1-4H3,(H,21,22)/b20-10+. The predicted molar refractivity (Wildman–Crippen MR) is 110 cm³/mol. The van der Waals surface area contributed by atoms with Crippen molar-refractivity contribution in [1.29, 1.82) is 0 Å². The van der Waals surface area contributed by atoms with Gasteiger partial charge in [0, 0.05) is 15.2 Å². The van der Waals surface area contributed by atoms with Crippen LogP contribution in [0.15, 0.2) is 35.6 Å². The van der Waals surface area contributed by atoms with Gasteiger partial charge < -0.3 is 14.9 Å². The van der Waals surface area contributed by atoms with Gasteiger partial charge in [-0.2, -0.15) is 0 Å². The van der Waals surface area contributed by atoms with Crippen molar-refractivity contribution < 1.29 is 14.4 Å². The SMILES string of the molecule is CO/N=C/C(C)(C)NC(=O)C(Oc1ccc2ncc(I)cc2c1)SC. The van der Waals surface area contributed by atoms with Crippen LogP contribution in [0.25, 0.3) is 10.9 Å². The Morgan fingerprint density at radius 2 is 2.20 bits per heavy atom. The predicted octanol–water partition coefficient (Wildman–Crippen LogP) is 3.43. The molecular formula is C17H20IN3O3S. The topological polar surface area (TPSA) is 72.8 Å². The van der Waals surface area contributed by atoms with E-state index in [0.717, 1.165) is 14.5 Å². The third-order valence-electron chi connectivity index (χ3n) is 3.22. The molecule has 0 spiro atoms. The highest BCUT2D eigenvalue weighted by Gasteiger charge is 2.26. The number of aromatic nitrogens is 1. The Bertz CT molecular complexity index is 783. The van der Waals surface area contributed by atoms with Gasteiger partial charge in [0.05, 0.1) is 17.3 Å². The smallest absolute Gasteiger partial charge is 0.272 e. The van der Waals surface area contributed by atoms with E-state index in [1.807, 2.05) is 50.6 Å². The van der Waals surface area contributed by atoms with Crippen LogP contribution in [0.2, 0.25) is 0 Å². The van der Waals surface area contributed by atoms with Crippen LogP contribution in [-0.2, 0) is 9.63 Å². The number of halogens is 1. The molecule has 2 aromatic rings. The average Bonchev–Trinajstić information content (AvgIpc) is 2.57. The van der Waals surface area contributed by atoms with Gasteiger partial charge >= 0.3 is 0 Å². The van der Waals surface area contributed by atoms with E-state index < -0.39 is 11.0 Å². The second-order valence-corrected chi connectivity index (χ2v) is 7.97. The number of thioether (sulfide) groups is 1. The Morgan fingerprint density at radius 1 is 1.44 bits per heavy atom. The van der Waals surface area contributed by atoms with Gasteiger partial charge in [0.2, 0.25) is 5.44 Å². The molecule has 8 heteroatoms. The number of fused-ring (bicyclic) bond motifs is 1. The first-order valence-electron chi connectivity index (χ1n) is 7.49. The van der Waals surface area contributed by atoms with E-state index in [-0.39, 0.29) is 5.91 Å². The molecule has 0 saturated heterocycles. The minimum absolute atomic E-state index is 0.235. The fraction of sp³-hybridized carbons (Fsp3) is 0.353. The molecule has 0 fully saturated rings. The first-order valence-corrected chi connectivity index (χ1v) is 9.86. The molecule has 1 heterocycles. The van der Waals surface area contributed by atoms with Crippen LogP contribution in [0, 0.1) is 3.57 Å². The minimum Gasteiger partial charge on any atom is -0.470 e. The lowest BCUT2D eigenvalue weighted by atomic mass is 10.1. The van der Waals surface area contributed by atoms with Crippen molar-refractivity contribution in [2.75, 3.05) is 13.4 Å². The summed E-state index contributed by atoms with van der Waals surface area (Å²) in [7, 11) is 1.46. The van der Waals surface area contributed by atoms with Gasteiger partial charge in [-0.15, -0.1) is 11.8 Å². The van der Waals surface area contributed by atoms with E-state index in [0.29, 0.717) is 5.75 Å². The van der Waals surface area contributed by atoms with Gasteiger partial charge in [-0.1, -0.05) is 5.16 Å². The highest BCUT2D eigenvalue weighted by atomic mass is 127. The number of carbonyl (C=O) groups is 1. The molecule has 0 aliphatic rings. The van der Waals surface area contributed by atoms with Gasteiger partial charge in [0.15, 0.2) is 0 Å². The zero-order valence-electron chi connectivity index (χ0n) is 14.4. The van der Waals surface area contributed by atoms with Crippen LogP contribution in [-0.4, -0.2) is 41.4 Å². The van der Waals surface area contributed by atoms with Gasteiger partial charge in [0.25, 0.3) is 5.91 Å². The molecule has 0 saturated carbocycles. The quantitative estimate of drug-likeness (QED) is 0.289. The van der Waals surface area contributed by atoms with Crippen LogP contribution in [0.3, 0.4) is 0 Å². The summed E-state index contributed by atoms with van der Waals surface area (Å²) in [6.07, 6.45) is 5.17. The molecule has 1 amide bonds. The summed E-state index contributed by atoms with van der Waals surface area (Å²) in [4.78, 5) is 21.5. The number of nitrogens with one attached hydrogen (secondary N) is 1. The Hall–Kier alpha value is -1.55. The van der Waals surface area contributed by atoms with E-state index in [2.05, 4.69) is 42.9 Å². The van der Waals surface area contributed by atoms with Gasteiger partial charge in [-0.3, -0.25) is 9.78 Å². The first kappa shape index (κ1) is 19.8. The van der Waals surface area contributed by atoms with Gasteiger partial charge in [-0.05, 0) is 67.0 Å². The van der Waals surface area contributed by atoms with Gasteiger partial charge in [0.1, 0.15) is 12.9 Å². The summed E-state index contributed by atoms with van der Waals surface area (Å²) < 4.78 is 6.91. The molecule has 2 rings (SSSR count). The lowest BCUT2D eigenvalue weighted by molar-refractivity contribution is -0.125. The number of benzene rings is 1. The number of pyridine rings is 1. The highest BCUT2D eigenvalue weighted by molar-refractivity contribution is 14.1. The Balaban J connectivity index is 2.13. The van der Waals surface area contributed by atoms with Crippen molar-refractivity contribution in [2.45, 2.75) is 24.8 Å². The Morgan fingerprint density at radius 3 is 2.88 bits per heavy atom. The highest BCUT2D eigenvalue weighted by Crippen LogP contribution is 2.24. The number of rotatable bonds is 7. The fourth-order valence-electron chi connectivity index (χ4n) is 2.08. The van der Waals surface area contributed by atoms with E-state index in [1.54, 1.807) is 0 Å². The molecule has 25 heavy (non-hydrogen) atoms. The van der Waals surface area contributed by atoms with Crippen molar-refractivity contribution in [1.82, 2.24) is 10.3 Å². The summed E-state index contributed by atoms with van der Waals surface area (Å²) >= 11 is 3.53. The van der Waals surface area contributed by atoms with E-state index in [9.17, 15) is 4.79 Å². The van der Waals surface area contributed by atoms with E-state index in [1.165, 1.54) is 25.1 Å². The van der Waals surface area contributed by atoms with Crippen molar-refractivity contribution in [3.8, 4) is 5.75 Å². The van der Waals surface area contributed by atoms with E-state index in [4.69, 9.17) is 4.74 Å². The second kappa shape index (κ2) is 8.70. The van der Waals surface area contributed by atoms with Crippen LogP contribution >= 0.6 is 34.4 Å². The number of hydrogen-bond acceptors (Lipinski definition) is 6. The van der Waals surface area contributed by atoms with Crippen molar-refractivity contribution in [3.05, 3.63) is 34.0 Å². The molecule has 1 aromatic carbocycles. The van der Waals surface area contributed by atoms with Crippen LogP contribution in [0.4, 0.5) is 0 Å². The van der Waals surface area contributed by atoms with Crippen molar-refractivity contribution in [2.24, 2.45) is 5.16 Å². The Kier molecular flexibility index (Phi) is 6.88. The van der Waals surface area contributed by atoms with Gasteiger partial charge in [-0.25, -0.2) is 0 Å². The maximum Gasteiger partial charge on any atom is 0.272 e. The molecule has 1 aromatic heterocycles. The van der Waals surface area contributed by atoms with Crippen molar-refractivity contribution >= 4 is 57.4 Å². The van der Waals surface area contributed by atoms with E-state index >= 15 is 0 Å². The maximum atomic E-state index is 12.5. The molecular weight excluding hydrogens is 453 g/mol. The lowest BCUT2D eigenvalue weighted by Gasteiger charge is -2.24. The average molecular weight is 473 g/mol. The largest absolute Gasteiger partial charge is 0.470 e. The number of nitrogens with zero attached hydrogens (tertiary/aromatic N) is 2. The zero-order chi connectivity index (χ0) is 18.4. The number of oxime groups is 1. The molecule has 0 aliphatic carbocycles. The molecule has 6 nitrogen and oxygen atoms in total. The third kappa shape index (κ3) is 5.74. The summed E-state index contributed by atoms with van der Waals surface area (Å²) in [5.74, 6) is 0.384. The molecule has 0 bridgehead atoms. The monoisotopic (exact) mass is 473 g/mol. The third-order valence-corrected chi connectivity index (χ3v) is 4.55. The lowest BCUT2D eigenvalue weighted by Crippen LogP contribution is -2.49. The Labute approximate surface area is 164 Å². The molecule has 1 unspecified atom stereocenters. The fourth-order valence-corrected chi connectivity index (χ4v) is 3.04. The molecule has 1 atom stereocenters. The molecule has 0 aliphatic heterocycles. The molecule has 0 radical (unpaired) electrons. The number of ether oxygens (including phenoxy) is 1. The summed E-state index contributed by atoms with van der Waals surface area (Å²) in [6.45, 7) is 3.66. The van der Waals surface area contributed by atoms with Crippen LogP contribution in [0.1, 0.15) is 13.8 Å². The second-order valence-electron chi connectivity index (χ2n) is 5.82. The molecule has 1 N–H and O–H groups in total. The van der Waals surface area contributed by atoms with Crippen LogP contribution < -0.4 is 10.1 Å². The molecule has 134 valence electrons. The normalized spacial score (nSPS) is 13.0. The zero-order valence-corrected chi connectivity index (χ0v) is 17.4. The summed E-state index contributed by atoms with van der Waals surface area (Å²) in [5.41, 5.74) is -0.438. The minimum atomic E-state index is -0.677. The van der Waals surface area contributed by atoms with Crippen LogP contribution in [0.5, 0.6) is 5.75 Å². The maximum absolute atomic E-state index is 12.5. The van der Waals surface area contributed by atoms with Crippen molar-refractivity contribution in [3.63, 3.8) is 0 Å². The summed E-state index contributed by atoms with van der Waals surface area (Å²) in [6, 6.07) is 7.61. The first-order chi connectivity index (χ1) is 11.8. The number of carbonyl (C=O) groups excluding carboxylic acids is 1. The summed E-state index contributed by atoms with van der Waals surface area (Å²) in [5, 5.41) is 7.56.